The molecular formula is C19H30N4. The fraction of sp³-hybridized carbons (Fsp3) is 0.789. The number of nitrogens with zero attached hydrogens (tertiary/aromatic N) is 2. The summed E-state index contributed by atoms with van der Waals surface area (Å²) in [6.45, 7) is 4.94. The summed E-state index contributed by atoms with van der Waals surface area (Å²) in [5.41, 5.74) is 4.62. The van der Waals surface area contributed by atoms with E-state index in [9.17, 15) is 0 Å². The third kappa shape index (κ3) is 1.96. The predicted molar refractivity (Wildman–Crippen MR) is 94.9 cm³/mol. The van der Waals surface area contributed by atoms with E-state index in [0.717, 1.165) is 36.3 Å². The number of hydrazone groups is 2. The van der Waals surface area contributed by atoms with E-state index >= 15 is 0 Å². The Labute approximate surface area is 139 Å². The maximum Gasteiger partial charge on any atom is 0.0600 e. The standard InChI is InChI=1S/C19H30N4/c1-18-9-7-13(22-20)11-12(18)3-4-14-15-5-6-17(23-21)19(15,2)10-8-16(14)18/h11,14-16H,3-10,20-21H2,1-2H3/t14?,15?,16?,18-,19-/m0/s1. The molecule has 3 saturated carbocycles. The van der Waals surface area contributed by atoms with Gasteiger partial charge < -0.3 is 11.7 Å². The molecule has 4 rings (SSSR count). The van der Waals surface area contributed by atoms with Crippen molar-refractivity contribution in [1.82, 2.24) is 0 Å². The minimum atomic E-state index is 0.270. The fourth-order valence-electron chi connectivity index (χ4n) is 6.67. The number of rotatable bonds is 0. The molecular weight excluding hydrogens is 284 g/mol. The van der Waals surface area contributed by atoms with Gasteiger partial charge in [-0.1, -0.05) is 19.4 Å². The van der Waals surface area contributed by atoms with Crippen LogP contribution in [0.3, 0.4) is 0 Å². The quantitative estimate of drug-likeness (QED) is 0.529. The molecule has 4 heteroatoms. The van der Waals surface area contributed by atoms with Crippen LogP contribution in [0.2, 0.25) is 0 Å². The minimum Gasteiger partial charge on any atom is -0.323 e. The van der Waals surface area contributed by atoms with Gasteiger partial charge in [-0.25, -0.2) is 0 Å². The second kappa shape index (κ2) is 5.09. The van der Waals surface area contributed by atoms with Crippen LogP contribution in [-0.2, 0) is 0 Å². The molecule has 3 fully saturated rings. The number of nitrogens with two attached hydrogens (primary N) is 2. The zero-order valence-electron chi connectivity index (χ0n) is 14.5. The highest BCUT2D eigenvalue weighted by Crippen LogP contribution is 2.64. The summed E-state index contributed by atoms with van der Waals surface area (Å²) >= 11 is 0. The molecule has 0 aromatic carbocycles. The van der Waals surface area contributed by atoms with E-state index in [1.54, 1.807) is 5.57 Å². The van der Waals surface area contributed by atoms with Crippen molar-refractivity contribution >= 4 is 11.4 Å². The first-order valence-electron chi connectivity index (χ1n) is 9.28. The molecule has 0 heterocycles. The topological polar surface area (TPSA) is 76.8 Å². The van der Waals surface area contributed by atoms with Gasteiger partial charge in [0.15, 0.2) is 0 Å². The van der Waals surface area contributed by atoms with Crippen LogP contribution in [-0.4, -0.2) is 11.4 Å². The van der Waals surface area contributed by atoms with Gasteiger partial charge in [-0.05, 0) is 80.6 Å². The largest absolute Gasteiger partial charge is 0.323 e. The highest BCUT2D eigenvalue weighted by Gasteiger charge is 2.58. The lowest BCUT2D eigenvalue weighted by atomic mass is 9.47. The Kier molecular flexibility index (Phi) is 3.37. The van der Waals surface area contributed by atoms with Crippen LogP contribution in [0.4, 0.5) is 0 Å². The van der Waals surface area contributed by atoms with Crippen LogP contribution in [0.1, 0.15) is 65.2 Å². The molecule has 126 valence electrons. The Hall–Kier alpha value is -1.32. The lowest BCUT2D eigenvalue weighted by molar-refractivity contribution is -0.0154. The summed E-state index contributed by atoms with van der Waals surface area (Å²) in [5, 5.41) is 8.15. The highest BCUT2D eigenvalue weighted by molar-refractivity contribution is 5.96. The Morgan fingerprint density at radius 3 is 2.43 bits per heavy atom. The molecule has 0 bridgehead atoms. The first-order chi connectivity index (χ1) is 11.0. The number of fused-ring (bicyclic) bond motifs is 5. The maximum atomic E-state index is 5.71. The van der Waals surface area contributed by atoms with Gasteiger partial charge in [-0.3, -0.25) is 0 Å². The van der Waals surface area contributed by atoms with Crippen molar-refractivity contribution in [2.24, 2.45) is 50.5 Å². The Morgan fingerprint density at radius 1 is 0.913 bits per heavy atom. The average Bonchev–Trinajstić information content (AvgIpc) is 2.90. The van der Waals surface area contributed by atoms with Crippen molar-refractivity contribution in [3.63, 3.8) is 0 Å². The highest BCUT2D eigenvalue weighted by atomic mass is 15.1. The predicted octanol–water partition coefficient (Wildman–Crippen LogP) is 3.58. The molecule has 5 atom stereocenters. The molecule has 23 heavy (non-hydrogen) atoms. The number of allylic oxidation sites excluding steroid dienone is 2. The minimum absolute atomic E-state index is 0.270. The van der Waals surface area contributed by atoms with Crippen LogP contribution in [0.15, 0.2) is 21.9 Å². The molecule has 4 N–H and O–H groups in total. The van der Waals surface area contributed by atoms with Crippen LogP contribution in [0, 0.1) is 28.6 Å². The molecule has 0 aromatic rings. The summed E-state index contributed by atoms with van der Waals surface area (Å²) in [6, 6.07) is 0. The van der Waals surface area contributed by atoms with E-state index in [-0.39, 0.29) is 5.41 Å². The van der Waals surface area contributed by atoms with Gasteiger partial charge in [0, 0.05) is 11.1 Å². The summed E-state index contributed by atoms with van der Waals surface area (Å²) < 4.78 is 0. The van der Waals surface area contributed by atoms with Gasteiger partial charge >= 0.3 is 0 Å². The molecule has 0 amide bonds. The van der Waals surface area contributed by atoms with Gasteiger partial charge in [0.05, 0.1) is 5.71 Å². The van der Waals surface area contributed by atoms with Crippen LogP contribution in [0.5, 0.6) is 0 Å². The van der Waals surface area contributed by atoms with Crippen molar-refractivity contribution in [1.29, 1.82) is 0 Å². The van der Waals surface area contributed by atoms with Crippen molar-refractivity contribution in [3.05, 3.63) is 11.6 Å². The smallest absolute Gasteiger partial charge is 0.0600 e. The molecule has 4 aliphatic carbocycles. The number of hydrogen-bond acceptors (Lipinski definition) is 4. The molecule has 3 unspecified atom stereocenters. The third-order valence-corrected chi connectivity index (χ3v) is 8.04. The van der Waals surface area contributed by atoms with E-state index in [2.05, 4.69) is 30.1 Å². The Balaban J connectivity index is 1.68. The molecule has 0 radical (unpaired) electrons. The van der Waals surface area contributed by atoms with Gasteiger partial charge in [-0.15, -0.1) is 0 Å². The van der Waals surface area contributed by atoms with Crippen LogP contribution < -0.4 is 11.7 Å². The summed E-state index contributed by atoms with van der Waals surface area (Å²) in [7, 11) is 0. The van der Waals surface area contributed by atoms with Gasteiger partial charge in [-0.2, -0.15) is 10.2 Å². The van der Waals surface area contributed by atoms with E-state index < -0.39 is 0 Å². The third-order valence-electron chi connectivity index (χ3n) is 8.04. The molecule has 4 aliphatic rings. The zero-order valence-corrected chi connectivity index (χ0v) is 14.5. The molecule has 0 spiro atoms. The molecule has 0 aromatic heterocycles. The van der Waals surface area contributed by atoms with Gasteiger partial charge in [0.2, 0.25) is 0 Å². The Morgan fingerprint density at radius 2 is 1.70 bits per heavy atom. The van der Waals surface area contributed by atoms with E-state index in [0.29, 0.717) is 5.41 Å². The van der Waals surface area contributed by atoms with Crippen molar-refractivity contribution in [3.8, 4) is 0 Å². The van der Waals surface area contributed by atoms with E-state index in [1.165, 1.54) is 44.2 Å². The molecule has 4 nitrogen and oxygen atoms in total. The summed E-state index contributed by atoms with van der Waals surface area (Å²) in [4.78, 5) is 0. The van der Waals surface area contributed by atoms with Crippen molar-refractivity contribution in [2.45, 2.75) is 65.2 Å². The average molecular weight is 314 g/mol. The monoisotopic (exact) mass is 314 g/mol. The second-order valence-electron chi connectivity index (χ2n) is 8.69. The summed E-state index contributed by atoms with van der Waals surface area (Å²) in [6.07, 6.45) is 12.1. The first-order valence-corrected chi connectivity index (χ1v) is 9.28. The lowest BCUT2D eigenvalue weighted by Gasteiger charge is -2.57. The van der Waals surface area contributed by atoms with E-state index in [1.807, 2.05) is 0 Å². The van der Waals surface area contributed by atoms with Crippen molar-refractivity contribution < 1.29 is 0 Å². The van der Waals surface area contributed by atoms with Crippen molar-refractivity contribution in [2.75, 3.05) is 0 Å². The lowest BCUT2D eigenvalue weighted by Crippen LogP contribution is -2.50. The molecule has 0 aliphatic heterocycles. The maximum absolute atomic E-state index is 5.71. The Bertz CT molecular complexity index is 604. The summed E-state index contributed by atoms with van der Waals surface area (Å²) in [5.74, 6) is 13.7. The fourth-order valence-corrected chi connectivity index (χ4v) is 6.67. The molecule has 0 saturated heterocycles. The SMILES string of the molecule is C[C@]12CCC(=NN)C=C1CCC1C2CC[C@]2(C)C(=NN)CCC12. The zero-order chi connectivity index (χ0) is 16.2. The van der Waals surface area contributed by atoms with Crippen LogP contribution >= 0.6 is 0 Å². The van der Waals surface area contributed by atoms with Gasteiger partial charge in [0.25, 0.3) is 0 Å². The van der Waals surface area contributed by atoms with E-state index in [4.69, 9.17) is 11.7 Å². The normalized spacial score (nSPS) is 49.5. The van der Waals surface area contributed by atoms with Crippen LogP contribution in [0.25, 0.3) is 0 Å². The second-order valence-corrected chi connectivity index (χ2v) is 8.69. The number of hydrogen-bond donors (Lipinski definition) is 2. The first kappa shape index (κ1) is 15.2. The van der Waals surface area contributed by atoms with Gasteiger partial charge in [0.1, 0.15) is 0 Å².